The Labute approximate surface area is 192 Å². The molecule has 5 rings (SSSR count). The zero-order chi connectivity index (χ0) is 22.8. The summed E-state index contributed by atoms with van der Waals surface area (Å²) < 4.78 is 8.49. The van der Waals surface area contributed by atoms with Crippen LogP contribution in [0.4, 0.5) is 0 Å². The number of rotatable bonds is 6. The largest absolute Gasteiger partial charge is 0.383 e. The number of likely N-dealkylation sites (tertiary alicyclic amines) is 1. The summed E-state index contributed by atoms with van der Waals surface area (Å²) in [7, 11) is 1.62. The lowest BCUT2D eigenvalue weighted by molar-refractivity contribution is 0.0684. The number of ether oxygens (including phenoxy) is 1. The summed E-state index contributed by atoms with van der Waals surface area (Å²) in [6, 6.07) is 19.8. The van der Waals surface area contributed by atoms with E-state index in [-0.39, 0.29) is 11.5 Å². The second-order valence-electron chi connectivity index (χ2n) is 8.69. The van der Waals surface area contributed by atoms with E-state index in [4.69, 9.17) is 4.74 Å². The molecule has 0 spiro atoms. The lowest BCUT2D eigenvalue weighted by Gasteiger charge is -2.31. The molecule has 2 aromatic carbocycles. The fourth-order valence-corrected chi connectivity index (χ4v) is 4.79. The molecule has 1 amide bonds. The lowest BCUT2D eigenvalue weighted by Crippen LogP contribution is -2.39. The Kier molecular flexibility index (Phi) is 5.96. The van der Waals surface area contributed by atoms with E-state index in [1.807, 2.05) is 35.2 Å². The third-order valence-corrected chi connectivity index (χ3v) is 6.58. The van der Waals surface area contributed by atoms with E-state index >= 15 is 0 Å². The number of benzene rings is 2. The van der Waals surface area contributed by atoms with E-state index in [1.165, 1.54) is 5.56 Å². The second kappa shape index (κ2) is 9.19. The van der Waals surface area contributed by atoms with Crippen molar-refractivity contribution in [1.29, 1.82) is 0 Å². The van der Waals surface area contributed by atoms with Gasteiger partial charge in [-0.15, -0.1) is 0 Å². The molecule has 2 aromatic heterocycles. The molecule has 1 fully saturated rings. The summed E-state index contributed by atoms with van der Waals surface area (Å²) in [5.74, 6) is 0.471. The first kappa shape index (κ1) is 21.4. The van der Waals surface area contributed by atoms with E-state index in [0.717, 1.165) is 30.3 Å². The van der Waals surface area contributed by atoms with Crippen LogP contribution < -0.4 is 5.56 Å². The standard InChI is InChI=1S/C26H28N4O3/c1-33-16-15-29-22-9-5-6-10-23(22)30-24(26(29)32)18-21(27-30)25(31)28-13-11-20(12-14-28)17-19-7-3-2-4-8-19/h2-10,18,20H,11-17H2,1H3. The van der Waals surface area contributed by atoms with Gasteiger partial charge in [0.2, 0.25) is 0 Å². The molecule has 1 aliphatic rings. The molecule has 0 unspecified atom stereocenters. The minimum atomic E-state index is -0.168. The van der Waals surface area contributed by atoms with Crippen LogP contribution in [-0.4, -0.2) is 51.8 Å². The molecule has 170 valence electrons. The first-order valence-electron chi connectivity index (χ1n) is 11.5. The van der Waals surface area contributed by atoms with Crippen LogP contribution in [0.5, 0.6) is 0 Å². The summed E-state index contributed by atoms with van der Waals surface area (Å²) in [5.41, 5.74) is 3.48. The van der Waals surface area contributed by atoms with Crippen LogP contribution in [-0.2, 0) is 17.7 Å². The van der Waals surface area contributed by atoms with Crippen LogP contribution in [0.2, 0.25) is 0 Å². The van der Waals surface area contributed by atoms with Crippen LogP contribution in [0.15, 0.2) is 65.5 Å². The van der Waals surface area contributed by atoms with Crippen molar-refractivity contribution in [3.63, 3.8) is 0 Å². The number of amides is 1. The fraction of sp³-hybridized carbons (Fsp3) is 0.346. The quantitative estimate of drug-likeness (QED) is 0.457. The molecule has 1 aliphatic heterocycles. The Morgan fingerprint density at radius 2 is 1.70 bits per heavy atom. The zero-order valence-corrected chi connectivity index (χ0v) is 18.8. The molecular weight excluding hydrogens is 416 g/mol. The van der Waals surface area contributed by atoms with E-state index in [1.54, 1.807) is 22.3 Å². The highest BCUT2D eigenvalue weighted by atomic mass is 16.5. The SMILES string of the molecule is COCCn1c(=O)c2cc(C(=O)N3CCC(Cc4ccccc4)CC3)nn2c2ccccc21. The Morgan fingerprint density at radius 1 is 1.00 bits per heavy atom. The average Bonchev–Trinajstić information content (AvgIpc) is 3.31. The molecule has 1 saturated heterocycles. The number of hydrogen-bond acceptors (Lipinski definition) is 4. The number of carbonyl (C=O) groups is 1. The van der Waals surface area contributed by atoms with Gasteiger partial charge in [0.1, 0.15) is 5.52 Å². The number of piperidine rings is 1. The highest BCUT2D eigenvalue weighted by Gasteiger charge is 2.26. The van der Waals surface area contributed by atoms with Gasteiger partial charge in [-0.05, 0) is 42.9 Å². The average molecular weight is 445 g/mol. The first-order valence-corrected chi connectivity index (χ1v) is 11.5. The third kappa shape index (κ3) is 4.16. The summed E-state index contributed by atoms with van der Waals surface area (Å²) >= 11 is 0. The van der Waals surface area contributed by atoms with Gasteiger partial charge in [0.15, 0.2) is 5.69 Å². The summed E-state index contributed by atoms with van der Waals surface area (Å²) in [6.07, 6.45) is 2.99. The number of para-hydroxylation sites is 2. The molecular formula is C26H28N4O3. The Hall–Kier alpha value is -3.45. The van der Waals surface area contributed by atoms with Crippen molar-refractivity contribution in [2.45, 2.75) is 25.8 Å². The van der Waals surface area contributed by atoms with Gasteiger partial charge in [-0.2, -0.15) is 5.10 Å². The van der Waals surface area contributed by atoms with Gasteiger partial charge in [-0.25, -0.2) is 4.52 Å². The summed E-state index contributed by atoms with van der Waals surface area (Å²) in [4.78, 5) is 28.3. The van der Waals surface area contributed by atoms with Crippen molar-refractivity contribution in [2.24, 2.45) is 5.92 Å². The van der Waals surface area contributed by atoms with Gasteiger partial charge in [-0.3, -0.25) is 9.59 Å². The molecule has 0 aliphatic carbocycles. The number of aromatic nitrogens is 3. The van der Waals surface area contributed by atoms with Crippen molar-refractivity contribution in [1.82, 2.24) is 19.1 Å². The highest BCUT2D eigenvalue weighted by molar-refractivity contribution is 5.94. The number of hydrogen-bond donors (Lipinski definition) is 0. The number of methoxy groups -OCH3 is 1. The second-order valence-corrected chi connectivity index (χ2v) is 8.69. The maximum absolute atomic E-state index is 13.3. The maximum atomic E-state index is 13.3. The topological polar surface area (TPSA) is 68.8 Å². The zero-order valence-electron chi connectivity index (χ0n) is 18.8. The van der Waals surface area contributed by atoms with Gasteiger partial charge in [0.05, 0.1) is 17.6 Å². The molecule has 7 heteroatoms. The van der Waals surface area contributed by atoms with Crippen LogP contribution in [0.1, 0.15) is 28.9 Å². The van der Waals surface area contributed by atoms with Crippen LogP contribution in [0, 0.1) is 5.92 Å². The van der Waals surface area contributed by atoms with Gasteiger partial charge in [0.25, 0.3) is 11.5 Å². The third-order valence-electron chi connectivity index (χ3n) is 6.58. The lowest BCUT2D eigenvalue weighted by atomic mass is 9.90. The Balaban J connectivity index is 1.39. The van der Waals surface area contributed by atoms with Gasteiger partial charge in [0, 0.05) is 32.8 Å². The molecule has 0 bridgehead atoms. The smallest absolute Gasteiger partial charge is 0.277 e. The predicted molar refractivity (Wildman–Crippen MR) is 128 cm³/mol. The maximum Gasteiger partial charge on any atom is 0.277 e. The van der Waals surface area contributed by atoms with E-state index in [9.17, 15) is 9.59 Å². The van der Waals surface area contributed by atoms with Crippen molar-refractivity contribution < 1.29 is 9.53 Å². The molecule has 0 atom stereocenters. The van der Waals surface area contributed by atoms with Crippen molar-refractivity contribution >= 4 is 22.5 Å². The Morgan fingerprint density at radius 3 is 2.42 bits per heavy atom. The molecule has 33 heavy (non-hydrogen) atoms. The van der Waals surface area contributed by atoms with Crippen molar-refractivity contribution in [3.8, 4) is 0 Å². The van der Waals surface area contributed by atoms with E-state index in [0.29, 0.717) is 43.4 Å². The predicted octanol–water partition coefficient (Wildman–Crippen LogP) is 3.39. The number of fused-ring (bicyclic) bond motifs is 3. The molecule has 3 heterocycles. The van der Waals surface area contributed by atoms with Gasteiger partial charge < -0.3 is 14.2 Å². The van der Waals surface area contributed by atoms with Crippen molar-refractivity contribution in [2.75, 3.05) is 26.8 Å². The van der Waals surface area contributed by atoms with Crippen LogP contribution >= 0.6 is 0 Å². The molecule has 7 nitrogen and oxygen atoms in total. The van der Waals surface area contributed by atoms with Crippen LogP contribution in [0.3, 0.4) is 0 Å². The molecule has 0 N–H and O–H groups in total. The van der Waals surface area contributed by atoms with E-state index in [2.05, 4.69) is 29.4 Å². The number of carbonyl (C=O) groups excluding carboxylic acids is 1. The summed E-state index contributed by atoms with van der Waals surface area (Å²) in [6.45, 7) is 2.29. The monoisotopic (exact) mass is 444 g/mol. The molecule has 4 aromatic rings. The first-order chi connectivity index (χ1) is 16.2. The molecule has 0 radical (unpaired) electrons. The normalized spacial score (nSPS) is 14.9. The molecule has 0 saturated carbocycles. The summed E-state index contributed by atoms with van der Waals surface area (Å²) in [5, 5.41) is 4.57. The number of nitrogens with zero attached hydrogens (tertiary/aromatic N) is 4. The van der Waals surface area contributed by atoms with Crippen LogP contribution in [0.25, 0.3) is 16.6 Å². The van der Waals surface area contributed by atoms with Gasteiger partial charge >= 0.3 is 0 Å². The fourth-order valence-electron chi connectivity index (χ4n) is 4.79. The van der Waals surface area contributed by atoms with Crippen molar-refractivity contribution in [3.05, 3.63) is 82.3 Å². The highest BCUT2D eigenvalue weighted by Crippen LogP contribution is 2.23. The minimum Gasteiger partial charge on any atom is -0.383 e. The van der Waals surface area contributed by atoms with E-state index < -0.39 is 0 Å². The Bertz CT molecular complexity index is 1330. The van der Waals surface area contributed by atoms with Gasteiger partial charge in [-0.1, -0.05) is 42.5 Å². The minimum absolute atomic E-state index is 0.108.